The van der Waals surface area contributed by atoms with Gasteiger partial charge in [-0.2, -0.15) is 0 Å². The van der Waals surface area contributed by atoms with Gasteiger partial charge in [0, 0.05) is 23.6 Å². The first-order valence-electron chi connectivity index (χ1n) is 6.29. The summed E-state index contributed by atoms with van der Waals surface area (Å²) in [7, 11) is 0. The van der Waals surface area contributed by atoms with Gasteiger partial charge in [0.15, 0.2) is 11.6 Å². The number of anilines is 1. The van der Waals surface area contributed by atoms with E-state index in [1.165, 1.54) is 6.92 Å². The van der Waals surface area contributed by atoms with Crippen LogP contribution in [0.25, 0.3) is 0 Å². The van der Waals surface area contributed by atoms with Crippen LogP contribution in [-0.2, 0) is 4.79 Å². The summed E-state index contributed by atoms with van der Waals surface area (Å²) in [6.45, 7) is 1.38. The summed E-state index contributed by atoms with van der Waals surface area (Å²) in [6.07, 6.45) is 0. The second kappa shape index (κ2) is 4.93. The zero-order valence-corrected chi connectivity index (χ0v) is 12.7. The van der Waals surface area contributed by atoms with Crippen molar-refractivity contribution in [3.8, 4) is 0 Å². The van der Waals surface area contributed by atoms with E-state index in [0.29, 0.717) is 32.4 Å². The third-order valence-corrected chi connectivity index (χ3v) is 4.16. The van der Waals surface area contributed by atoms with Gasteiger partial charge in [0.1, 0.15) is 0 Å². The molecule has 0 aliphatic heterocycles. The standard InChI is InChI=1S/C16H10BrNO3/c1-8(19)18-12-7-6-11-13(14(12)17)16(21)10-5-3-2-4-9(10)15(11)20/h2-7H,1H3,(H,18,19). The fraction of sp³-hybridized carbons (Fsp3) is 0.0625. The molecule has 2 aromatic carbocycles. The molecule has 0 heterocycles. The Kier molecular flexibility index (Phi) is 3.22. The number of carbonyl (C=O) groups excluding carboxylic acids is 3. The van der Waals surface area contributed by atoms with Crippen LogP contribution in [0.15, 0.2) is 40.9 Å². The molecule has 3 rings (SSSR count). The van der Waals surface area contributed by atoms with Gasteiger partial charge < -0.3 is 5.32 Å². The predicted octanol–water partition coefficient (Wildman–Crippen LogP) is 3.18. The van der Waals surface area contributed by atoms with Gasteiger partial charge in [-0.15, -0.1) is 0 Å². The minimum atomic E-state index is -0.245. The first-order chi connectivity index (χ1) is 10.0. The molecule has 0 radical (unpaired) electrons. The van der Waals surface area contributed by atoms with Crippen LogP contribution in [0.5, 0.6) is 0 Å². The van der Waals surface area contributed by atoms with E-state index in [9.17, 15) is 14.4 Å². The van der Waals surface area contributed by atoms with Crippen molar-refractivity contribution in [3.63, 3.8) is 0 Å². The van der Waals surface area contributed by atoms with Gasteiger partial charge >= 0.3 is 0 Å². The molecule has 0 aromatic heterocycles. The molecule has 0 spiro atoms. The van der Waals surface area contributed by atoms with Crippen molar-refractivity contribution in [2.24, 2.45) is 0 Å². The molecule has 1 aliphatic carbocycles. The van der Waals surface area contributed by atoms with Crippen LogP contribution in [-0.4, -0.2) is 17.5 Å². The van der Waals surface area contributed by atoms with Crippen LogP contribution >= 0.6 is 15.9 Å². The maximum Gasteiger partial charge on any atom is 0.221 e. The fourth-order valence-corrected chi connectivity index (χ4v) is 3.06. The smallest absolute Gasteiger partial charge is 0.221 e. The molecule has 1 N–H and O–H groups in total. The molecular formula is C16H10BrNO3. The third kappa shape index (κ3) is 2.10. The largest absolute Gasteiger partial charge is 0.325 e. The lowest BCUT2D eigenvalue weighted by Crippen LogP contribution is -2.22. The van der Waals surface area contributed by atoms with E-state index >= 15 is 0 Å². The van der Waals surface area contributed by atoms with Crippen LogP contribution in [0, 0.1) is 0 Å². The van der Waals surface area contributed by atoms with Crippen LogP contribution < -0.4 is 5.32 Å². The van der Waals surface area contributed by atoms with E-state index < -0.39 is 0 Å². The summed E-state index contributed by atoms with van der Waals surface area (Å²) in [5.74, 6) is -0.653. The van der Waals surface area contributed by atoms with Crippen LogP contribution in [0.3, 0.4) is 0 Å². The maximum absolute atomic E-state index is 12.6. The Hall–Kier alpha value is -2.27. The van der Waals surface area contributed by atoms with E-state index in [0.717, 1.165) is 0 Å². The first-order valence-corrected chi connectivity index (χ1v) is 7.08. The molecule has 21 heavy (non-hydrogen) atoms. The number of ketones is 2. The highest BCUT2D eigenvalue weighted by Gasteiger charge is 2.31. The molecule has 5 heteroatoms. The topological polar surface area (TPSA) is 63.2 Å². The summed E-state index contributed by atoms with van der Waals surface area (Å²) in [5.41, 5.74) is 1.91. The highest BCUT2D eigenvalue weighted by Crippen LogP contribution is 2.36. The summed E-state index contributed by atoms with van der Waals surface area (Å²) >= 11 is 3.33. The SMILES string of the molecule is CC(=O)Nc1ccc2c(c1Br)C(=O)c1ccccc1C2=O. The summed E-state index contributed by atoms with van der Waals surface area (Å²) in [6, 6.07) is 9.92. The average molecular weight is 344 g/mol. The molecule has 2 aromatic rings. The molecule has 0 saturated carbocycles. The quantitative estimate of drug-likeness (QED) is 0.737. The monoisotopic (exact) mass is 343 g/mol. The van der Waals surface area contributed by atoms with E-state index in [4.69, 9.17) is 0 Å². The lowest BCUT2D eigenvalue weighted by Gasteiger charge is -2.20. The molecule has 0 unspecified atom stereocenters. The number of amides is 1. The zero-order valence-electron chi connectivity index (χ0n) is 11.1. The van der Waals surface area contributed by atoms with Gasteiger partial charge in [0.25, 0.3) is 0 Å². The second-order valence-corrected chi connectivity index (χ2v) is 5.53. The molecule has 1 aliphatic rings. The Balaban J connectivity index is 2.24. The highest BCUT2D eigenvalue weighted by atomic mass is 79.9. The number of carbonyl (C=O) groups is 3. The number of fused-ring (bicyclic) bond motifs is 2. The van der Waals surface area contributed by atoms with Gasteiger partial charge in [-0.1, -0.05) is 24.3 Å². The van der Waals surface area contributed by atoms with Gasteiger partial charge in [-0.05, 0) is 28.1 Å². The number of hydrogen-bond acceptors (Lipinski definition) is 3. The van der Waals surface area contributed by atoms with Crippen LogP contribution in [0.1, 0.15) is 38.8 Å². The molecule has 0 bridgehead atoms. The number of hydrogen-bond donors (Lipinski definition) is 1. The Morgan fingerprint density at radius 2 is 1.57 bits per heavy atom. The Bertz CT molecular complexity index is 811. The van der Waals surface area contributed by atoms with E-state index in [2.05, 4.69) is 21.2 Å². The average Bonchev–Trinajstić information content (AvgIpc) is 2.46. The minimum absolute atomic E-state index is 0.185. The van der Waals surface area contributed by atoms with Crippen molar-refractivity contribution in [1.82, 2.24) is 0 Å². The van der Waals surface area contributed by atoms with Crippen molar-refractivity contribution in [3.05, 3.63) is 63.1 Å². The van der Waals surface area contributed by atoms with Gasteiger partial charge in [-0.3, -0.25) is 14.4 Å². The van der Waals surface area contributed by atoms with E-state index in [1.807, 2.05) is 0 Å². The van der Waals surface area contributed by atoms with Crippen molar-refractivity contribution in [2.75, 3.05) is 5.32 Å². The van der Waals surface area contributed by atoms with Crippen molar-refractivity contribution < 1.29 is 14.4 Å². The van der Waals surface area contributed by atoms with Gasteiger partial charge in [-0.25, -0.2) is 0 Å². The number of benzene rings is 2. The zero-order chi connectivity index (χ0) is 15.1. The molecule has 1 amide bonds. The lowest BCUT2D eigenvalue weighted by atomic mass is 9.84. The molecule has 0 atom stereocenters. The van der Waals surface area contributed by atoms with E-state index in [-0.39, 0.29) is 17.5 Å². The maximum atomic E-state index is 12.6. The molecule has 104 valence electrons. The molecule has 4 nitrogen and oxygen atoms in total. The second-order valence-electron chi connectivity index (χ2n) is 4.73. The normalized spacial score (nSPS) is 12.7. The van der Waals surface area contributed by atoms with Gasteiger partial charge in [0.2, 0.25) is 5.91 Å². The van der Waals surface area contributed by atoms with Crippen LogP contribution in [0.4, 0.5) is 5.69 Å². The van der Waals surface area contributed by atoms with Crippen molar-refractivity contribution in [2.45, 2.75) is 6.92 Å². The Morgan fingerprint density at radius 3 is 2.19 bits per heavy atom. The summed E-state index contributed by atoms with van der Waals surface area (Å²) < 4.78 is 0.433. The molecule has 0 saturated heterocycles. The number of halogens is 1. The number of nitrogens with one attached hydrogen (secondary N) is 1. The minimum Gasteiger partial charge on any atom is -0.325 e. The summed E-state index contributed by atoms with van der Waals surface area (Å²) in [5, 5.41) is 2.63. The van der Waals surface area contributed by atoms with Crippen molar-refractivity contribution in [1.29, 1.82) is 0 Å². The first kappa shape index (κ1) is 13.7. The Labute approximate surface area is 129 Å². The third-order valence-electron chi connectivity index (χ3n) is 3.34. The highest BCUT2D eigenvalue weighted by molar-refractivity contribution is 9.10. The van der Waals surface area contributed by atoms with E-state index in [1.54, 1.807) is 36.4 Å². The summed E-state index contributed by atoms with van der Waals surface area (Å²) in [4.78, 5) is 36.3. The van der Waals surface area contributed by atoms with Crippen LogP contribution in [0.2, 0.25) is 0 Å². The lowest BCUT2D eigenvalue weighted by molar-refractivity contribution is -0.114. The molecular weight excluding hydrogens is 334 g/mol. The Morgan fingerprint density at radius 1 is 0.952 bits per heavy atom. The predicted molar refractivity (Wildman–Crippen MR) is 81.8 cm³/mol. The van der Waals surface area contributed by atoms with Gasteiger partial charge in [0.05, 0.1) is 15.7 Å². The van der Waals surface area contributed by atoms with Crippen molar-refractivity contribution >= 4 is 39.1 Å². The fourth-order valence-electron chi connectivity index (χ4n) is 2.43. The molecule has 0 fully saturated rings. The number of rotatable bonds is 1.